The van der Waals surface area contributed by atoms with Gasteiger partial charge >= 0.3 is 0 Å². The number of thioether (sulfide) groups is 1. The van der Waals surface area contributed by atoms with E-state index in [1.54, 1.807) is 12.1 Å². The van der Waals surface area contributed by atoms with E-state index in [-0.39, 0.29) is 17.9 Å². The predicted octanol–water partition coefficient (Wildman–Crippen LogP) is 2.76. The van der Waals surface area contributed by atoms with Gasteiger partial charge in [-0.3, -0.25) is 9.59 Å². The molecule has 25 heavy (non-hydrogen) atoms. The number of likely N-dealkylation sites (N-methyl/N-ethyl adjacent to an activating group) is 1. The Morgan fingerprint density at radius 3 is 2.72 bits per heavy atom. The van der Waals surface area contributed by atoms with Crippen LogP contribution in [-0.2, 0) is 4.79 Å². The van der Waals surface area contributed by atoms with Gasteiger partial charge in [-0.05, 0) is 37.9 Å². The number of nitrogens with zero attached hydrogens (tertiary/aromatic N) is 1. The highest BCUT2D eigenvalue weighted by molar-refractivity contribution is 8.00. The standard InChI is InChI=1S/C19H21N3O2S/c1-22(2)16(13-6-4-3-5-7-13)11-20-19(24)14-8-9-17-15(10-14)21-18(23)12-25-17/h3-10,16H,11-12H2,1-2H3,(H,20,24)(H,21,23). The molecule has 2 amide bonds. The van der Waals surface area contributed by atoms with Gasteiger partial charge in [0.15, 0.2) is 0 Å². The second-order valence-electron chi connectivity index (χ2n) is 6.15. The SMILES string of the molecule is CN(C)C(CNC(=O)c1ccc2c(c1)NC(=O)CS2)c1ccccc1. The predicted molar refractivity (Wildman–Crippen MR) is 101 cm³/mol. The molecule has 1 atom stereocenters. The normalized spacial score (nSPS) is 14.6. The van der Waals surface area contributed by atoms with Gasteiger partial charge in [-0.2, -0.15) is 0 Å². The highest BCUT2D eigenvalue weighted by Gasteiger charge is 2.19. The molecule has 2 aromatic rings. The zero-order valence-electron chi connectivity index (χ0n) is 14.3. The minimum atomic E-state index is -0.143. The van der Waals surface area contributed by atoms with Crippen LogP contribution in [0.15, 0.2) is 53.4 Å². The summed E-state index contributed by atoms with van der Waals surface area (Å²) in [6.45, 7) is 0.508. The fraction of sp³-hybridized carbons (Fsp3) is 0.263. The minimum Gasteiger partial charge on any atom is -0.350 e. The van der Waals surface area contributed by atoms with Gasteiger partial charge in [-0.25, -0.2) is 0 Å². The quantitative estimate of drug-likeness (QED) is 0.866. The Morgan fingerprint density at radius 2 is 2.00 bits per heavy atom. The van der Waals surface area contributed by atoms with Crippen LogP contribution in [-0.4, -0.2) is 43.1 Å². The maximum atomic E-state index is 12.5. The lowest BCUT2D eigenvalue weighted by atomic mass is 10.1. The van der Waals surface area contributed by atoms with E-state index in [1.807, 2.05) is 38.4 Å². The number of anilines is 1. The molecule has 1 heterocycles. The van der Waals surface area contributed by atoms with Gasteiger partial charge < -0.3 is 15.5 Å². The van der Waals surface area contributed by atoms with Crippen LogP contribution in [0, 0.1) is 0 Å². The highest BCUT2D eigenvalue weighted by Crippen LogP contribution is 2.32. The van der Waals surface area contributed by atoms with Crippen LogP contribution in [0.2, 0.25) is 0 Å². The molecule has 130 valence electrons. The second kappa shape index (κ2) is 7.72. The topological polar surface area (TPSA) is 61.4 Å². The van der Waals surface area contributed by atoms with Crippen LogP contribution in [0.3, 0.4) is 0 Å². The van der Waals surface area contributed by atoms with Crippen molar-refractivity contribution >= 4 is 29.3 Å². The smallest absolute Gasteiger partial charge is 0.251 e. The lowest BCUT2D eigenvalue weighted by Crippen LogP contribution is -2.34. The summed E-state index contributed by atoms with van der Waals surface area (Å²) in [6.07, 6.45) is 0. The molecule has 0 fully saturated rings. The van der Waals surface area contributed by atoms with E-state index in [1.165, 1.54) is 11.8 Å². The van der Waals surface area contributed by atoms with Crippen molar-refractivity contribution in [1.82, 2.24) is 10.2 Å². The molecule has 2 aromatic carbocycles. The lowest BCUT2D eigenvalue weighted by Gasteiger charge is -2.25. The molecule has 1 aliphatic rings. The third-order valence-corrected chi connectivity index (χ3v) is 5.21. The number of rotatable bonds is 5. The number of fused-ring (bicyclic) bond motifs is 1. The van der Waals surface area contributed by atoms with Crippen LogP contribution in [0.25, 0.3) is 0 Å². The molecule has 0 saturated heterocycles. The van der Waals surface area contributed by atoms with E-state index in [0.717, 1.165) is 10.5 Å². The second-order valence-corrected chi connectivity index (χ2v) is 7.17. The summed E-state index contributed by atoms with van der Waals surface area (Å²) in [5.41, 5.74) is 2.41. The number of hydrogen-bond donors (Lipinski definition) is 2. The number of amides is 2. The minimum absolute atomic E-state index is 0.0354. The molecule has 0 aliphatic carbocycles. The Bertz CT molecular complexity index is 777. The van der Waals surface area contributed by atoms with Crippen LogP contribution in [0.4, 0.5) is 5.69 Å². The van der Waals surface area contributed by atoms with Crippen molar-refractivity contribution in [2.45, 2.75) is 10.9 Å². The van der Waals surface area contributed by atoms with Gasteiger partial charge in [0.2, 0.25) is 5.91 Å². The fourth-order valence-electron chi connectivity index (χ4n) is 2.79. The first kappa shape index (κ1) is 17.5. The first-order valence-electron chi connectivity index (χ1n) is 8.11. The average Bonchev–Trinajstić information content (AvgIpc) is 2.61. The van der Waals surface area contributed by atoms with E-state index >= 15 is 0 Å². The van der Waals surface area contributed by atoms with Crippen LogP contribution in [0.5, 0.6) is 0 Å². The summed E-state index contributed by atoms with van der Waals surface area (Å²) >= 11 is 1.49. The van der Waals surface area contributed by atoms with Gasteiger partial charge in [0.05, 0.1) is 17.5 Å². The van der Waals surface area contributed by atoms with Crippen molar-refractivity contribution in [1.29, 1.82) is 0 Å². The van der Waals surface area contributed by atoms with Gasteiger partial charge in [0, 0.05) is 17.0 Å². The van der Waals surface area contributed by atoms with Crippen molar-refractivity contribution in [3.05, 3.63) is 59.7 Å². The third kappa shape index (κ3) is 4.21. The fourth-order valence-corrected chi connectivity index (χ4v) is 3.58. The van der Waals surface area contributed by atoms with E-state index < -0.39 is 0 Å². The monoisotopic (exact) mass is 355 g/mol. The third-order valence-electron chi connectivity index (χ3n) is 4.14. The molecule has 5 nitrogen and oxygen atoms in total. The van der Waals surface area contributed by atoms with Crippen molar-refractivity contribution in [3.8, 4) is 0 Å². The lowest BCUT2D eigenvalue weighted by molar-refractivity contribution is -0.113. The maximum Gasteiger partial charge on any atom is 0.251 e. The Morgan fingerprint density at radius 1 is 1.24 bits per heavy atom. The molecule has 0 aromatic heterocycles. The van der Waals surface area contributed by atoms with E-state index in [2.05, 4.69) is 27.7 Å². The molecule has 0 radical (unpaired) electrons. The zero-order chi connectivity index (χ0) is 17.8. The molecule has 3 rings (SSSR count). The Labute approximate surface area is 151 Å². The zero-order valence-corrected chi connectivity index (χ0v) is 15.1. The van der Waals surface area contributed by atoms with Crippen molar-refractivity contribution in [2.75, 3.05) is 31.7 Å². The van der Waals surface area contributed by atoms with Gasteiger partial charge in [-0.15, -0.1) is 11.8 Å². The molecule has 0 bridgehead atoms. The van der Waals surface area contributed by atoms with Crippen LogP contribution < -0.4 is 10.6 Å². The molecular weight excluding hydrogens is 334 g/mol. The first-order valence-corrected chi connectivity index (χ1v) is 9.09. The van der Waals surface area contributed by atoms with E-state index in [4.69, 9.17) is 0 Å². The molecule has 1 unspecified atom stereocenters. The Hall–Kier alpha value is -2.31. The number of carbonyl (C=O) groups excluding carboxylic acids is 2. The summed E-state index contributed by atoms with van der Waals surface area (Å²) in [7, 11) is 3.99. The van der Waals surface area contributed by atoms with E-state index in [0.29, 0.717) is 23.5 Å². The van der Waals surface area contributed by atoms with Crippen LogP contribution >= 0.6 is 11.8 Å². The number of nitrogens with one attached hydrogen (secondary N) is 2. The molecular formula is C19H21N3O2S. The summed E-state index contributed by atoms with van der Waals surface area (Å²) < 4.78 is 0. The Kier molecular flexibility index (Phi) is 5.40. The largest absolute Gasteiger partial charge is 0.350 e. The van der Waals surface area contributed by atoms with E-state index in [9.17, 15) is 9.59 Å². The van der Waals surface area contributed by atoms with Gasteiger partial charge in [0.25, 0.3) is 5.91 Å². The van der Waals surface area contributed by atoms with Crippen molar-refractivity contribution in [3.63, 3.8) is 0 Å². The molecule has 6 heteroatoms. The summed E-state index contributed by atoms with van der Waals surface area (Å²) in [5, 5.41) is 5.81. The number of benzene rings is 2. The number of hydrogen-bond acceptors (Lipinski definition) is 4. The first-order chi connectivity index (χ1) is 12.0. The number of carbonyl (C=O) groups is 2. The summed E-state index contributed by atoms with van der Waals surface area (Å²) in [5.74, 6) is 0.238. The summed E-state index contributed by atoms with van der Waals surface area (Å²) in [4.78, 5) is 27.1. The Balaban J connectivity index is 1.69. The maximum absolute atomic E-state index is 12.5. The average molecular weight is 355 g/mol. The molecule has 0 saturated carbocycles. The molecule has 2 N–H and O–H groups in total. The molecule has 0 spiro atoms. The van der Waals surface area contributed by atoms with Crippen LogP contribution in [0.1, 0.15) is 22.0 Å². The van der Waals surface area contributed by atoms with Crippen molar-refractivity contribution < 1.29 is 9.59 Å². The van der Waals surface area contributed by atoms with Gasteiger partial charge in [-0.1, -0.05) is 30.3 Å². The summed E-state index contributed by atoms with van der Waals surface area (Å²) in [6, 6.07) is 15.6. The van der Waals surface area contributed by atoms with Crippen molar-refractivity contribution in [2.24, 2.45) is 0 Å². The van der Waals surface area contributed by atoms with Gasteiger partial charge in [0.1, 0.15) is 0 Å². The highest BCUT2D eigenvalue weighted by atomic mass is 32.2. The molecule has 1 aliphatic heterocycles.